The Kier molecular flexibility index (Phi) is 4.72. The quantitative estimate of drug-likeness (QED) is 0.716. The number of hydrogen-bond acceptors (Lipinski definition) is 3. The van der Waals surface area contributed by atoms with E-state index in [1.165, 1.54) is 0 Å². The molecule has 0 aromatic heterocycles. The van der Waals surface area contributed by atoms with Gasteiger partial charge in [0.15, 0.2) is 0 Å². The van der Waals surface area contributed by atoms with Crippen LogP contribution in [0.4, 0.5) is 11.4 Å². The van der Waals surface area contributed by atoms with Crippen molar-refractivity contribution in [3.05, 3.63) is 51.0 Å². The van der Waals surface area contributed by atoms with Crippen molar-refractivity contribution >= 4 is 54.8 Å². The van der Waals surface area contributed by atoms with Gasteiger partial charge >= 0.3 is 0 Å². The van der Waals surface area contributed by atoms with Crippen LogP contribution in [0.3, 0.4) is 0 Å². The molecule has 1 heterocycles. The number of amides is 1. The van der Waals surface area contributed by atoms with Crippen LogP contribution in [0.2, 0.25) is 5.02 Å². The summed E-state index contributed by atoms with van der Waals surface area (Å²) in [7, 11) is -3.90. The number of rotatable bonds is 4. The van der Waals surface area contributed by atoms with Crippen molar-refractivity contribution in [1.29, 1.82) is 0 Å². The molecule has 2 aromatic carbocycles. The average molecular weight is 470 g/mol. The van der Waals surface area contributed by atoms with Crippen molar-refractivity contribution < 1.29 is 13.2 Å². The Morgan fingerprint density at radius 2 is 2.04 bits per heavy atom. The summed E-state index contributed by atoms with van der Waals surface area (Å²) in [6.07, 6.45) is 2.40. The standard InChI is InChI=1S/C19H18BrClN2O3S/c1-11-15(21)3-2-4-16(11)22-27(25,26)17-10-14(20)9-13-7-8-23(18(13)17)19(24)12-5-6-12/h2-4,9-10,12,22H,5-8H2,1H3. The topological polar surface area (TPSA) is 66.5 Å². The Hall–Kier alpha value is -1.57. The van der Waals surface area contributed by atoms with Gasteiger partial charge in [0.25, 0.3) is 10.0 Å². The van der Waals surface area contributed by atoms with E-state index in [9.17, 15) is 13.2 Å². The van der Waals surface area contributed by atoms with Crippen molar-refractivity contribution in [2.24, 2.45) is 5.92 Å². The van der Waals surface area contributed by atoms with Gasteiger partial charge in [-0.05, 0) is 61.6 Å². The minimum absolute atomic E-state index is 0.0199. The molecule has 8 heteroatoms. The second kappa shape index (κ2) is 6.79. The van der Waals surface area contributed by atoms with Crippen LogP contribution in [0.1, 0.15) is 24.0 Å². The molecule has 1 fully saturated rings. The third-order valence-corrected chi connectivity index (χ3v) is 7.23. The Morgan fingerprint density at radius 3 is 2.74 bits per heavy atom. The fourth-order valence-electron chi connectivity index (χ4n) is 3.36. The number of nitrogens with zero attached hydrogens (tertiary/aromatic N) is 1. The highest BCUT2D eigenvalue weighted by molar-refractivity contribution is 9.10. The van der Waals surface area contributed by atoms with E-state index >= 15 is 0 Å². The first-order chi connectivity index (χ1) is 12.8. The fourth-order valence-corrected chi connectivity index (χ4v) is 5.59. The molecule has 1 amide bonds. The van der Waals surface area contributed by atoms with Gasteiger partial charge in [-0.25, -0.2) is 8.42 Å². The molecule has 27 heavy (non-hydrogen) atoms. The van der Waals surface area contributed by atoms with Gasteiger partial charge in [-0.15, -0.1) is 0 Å². The fraction of sp³-hybridized carbons (Fsp3) is 0.316. The third-order valence-electron chi connectivity index (χ3n) is 4.99. The summed E-state index contributed by atoms with van der Waals surface area (Å²) in [4.78, 5) is 14.4. The van der Waals surface area contributed by atoms with Gasteiger partial charge in [-0.3, -0.25) is 9.52 Å². The lowest BCUT2D eigenvalue weighted by Gasteiger charge is -2.21. The van der Waals surface area contributed by atoms with E-state index in [0.29, 0.717) is 39.4 Å². The summed E-state index contributed by atoms with van der Waals surface area (Å²) in [6.45, 7) is 2.27. The van der Waals surface area contributed by atoms with Gasteiger partial charge in [0.1, 0.15) is 4.90 Å². The number of benzene rings is 2. The van der Waals surface area contributed by atoms with Crippen molar-refractivity contribution in [2.75, 3.05) is 16.2 Å². The predicted molar refractivity (Wildman–Crippen MR) is 110 cm³/mol. The monoisotopic (exact) mass is 468 g/mol. The second-order valence-corrected chi connectivity index (χ2v) is 9.92. The molecule has 0 radical (unpaired) electrons. The first-order valence-corrected chi connectivity index (χ1v) is 11.3. The summed E-state index contributed by atoms with van der Waals surface area (Å²) >= 11 is 9.52. The molecule has 4 rings (SSSR count). The van der Waals surface area contributed by atoms with Crippen molar-refractivity contribution in [2.45, 2.75) is 31.1 Å². The number of carbonyl (C=O) groups excluding carboxylic acids is 1. The van der Waals surface area contributed by atoms with Crippen LogP contribution >= 0.6 is 27.5 Å². The van der Waals surface area contributed by atoms with Crippen molar-refractivity contribution in [3.63, 3.8) is 0 Å². The number of anilines is 2. The van der Waals surface area contributed by atoms with Gasteiger partial charge < -0.3 is 4.90 Å². The number of halogens is 2. The first-order valence-electron chi connectivity index (χ1n) is 8.69. The minimum Gasteiger partial charge on any atom is -0.310 e. The van der Waals surface area contributed by atoms with E-state index in [4.69, 9.17) is 11.6 Å². The lowest BCUT2D eigenvalue weighted by molar-refractivity contribution is -0.119. The lowest BCUT2D eigenvalue weighted by Crippen LogP contribution is -2.31. The van der Waals surface area contributed by atoms with Crippen LogP contribution < -0.4 is 9.62 Å². The molecule has 0 saturated heterocycles. The van der Waals surface area contributed by atoms with E-state index in [-0.39, 0.29) is 16.7 Å². The SMILES string of the molecule is Cc1c(Cl)cccc1NS(=O)(=O)c1cc(Br)cc2c1N(C(=O)C1CC1)CC2. The molecule has 0 atom stereocenters. The molecule has 1 N–H and O–H groups in total. The van der Waals surface area contributed by atoms with Crippen LogP contribution in [-0.2, 0) is 21.2 Å². The van der Waals surface area contributed by atoms with Crippen LogP contribution in [0, 0.1) is 12.8 Å². The molecular weight excluding hydrogens is 452 g/mol. The summed E-state index contributed by atoms with van der Waals surface area (Å²) in [5.41, 5.74) is 2.44. The Balaban J connectivity index is 1.79. The predicted octanol–water partition coefficient (Wildman–Crippen LogP) is 4.51. The highest BCUT2D eigenvalue weighted by Crippen LogP contribution is 2.41. The number of carbonyl (C=O) groups is 1. The molecule has 1 aliphatic heterocycles. The van der Waals surface area contributed by atoms with E-state index in [1.807, 2.05) is 6.07 Å². The van der Waals surface area contributed by atoms with E-state index in [0.717, 1.165) is 18.4 Å². The van der Waals surface area contributed by atoms with Gasteiger partial charge in [0, 0.05) is 22.0 Å². The molecule has 1 saturated carbocycles. The highest BCUT2D eigenvalue weighted by atomic mass is 79.9. The van der Waals surface area contributed by atoms with Gasteiger partial charge in [-0.1, -0.05) is 33.6 Å². The normalized spacial score (nSPS) is 16.3. The van der Waals surface area contributed by atoms with E-state index in [2.05, 4.69) is 20.7 Å². The summed E-state index contributed by atoms with van der Waals surface area (Å²) < 4.78 is 29.7. The molecule has 0 unspecified atom stereocenters. The Morgan fingerprint density at radius 1 is 1.30 bits per heavy atom. The first kappa shape index (κ1) is 18.8. The summed E-state index contributed by atoms with van der Waals surface area (Å²) in [5.74, 6) is 0.0461. The molecule has 2 aromatic rings. The van der Waals surface area contributed by atoms with Crippen LogP contribution in [0.25, 0.3) is 0 Å². The molecular formula is C19H18BrClN2O3S. The Labute approximate surface area is 171 Å². The van der Waals surface area contributed by atoms with Gasteiger partial charge in [0.05, 0.1) is 11.4 Å². The maximum Gasteiger partial charge on any atom is 0.264 e. The van der Waals surface area contributed by atoms with Crippen molar-refractivity contribution in [3.8, 4) is 0 Å². The average Bonchev–Trinajstić information content (AvgIpc) is 3.37. The van der Waals surface area contributed by atoms with Crippen molar-refractivity contribution in [1.82, 2.24) is 0 Å². The number of hydrogen-bond donors (Lipinski definition) is 1. The molecule has 5 nitrogen and oxygen atoms in total. The van der Waals surface area contributed by atoms with Gasteiger partial charge in [0.2, 0.25) is 5.91 Å². The lowest BCUT2D eigenvalue weighted by atomic mass is 10.2. The maximum absolute atomic E-state index is 13.2. The second-order valence-electron chi connectivity index (χ2n) is 6.94. The number of fused-ring (bicyclic) bond motifs is 1. The van der Waals surface area contributed by atoms with Gasteiger partial charge in [-0.2, -0.15) is 0 Å². The zero-order chi connectivity index (χ0) is 19.3. The van der Waals surface area contributed by atoms with Crippen LogP contribution in [0.5, 0.6) is 0 Å². The highest BCUT2D eigenvalue weighted by Gasteiger charge is 2.39. The third kappa shape index (κ3) is 3.48. The molecule has 1 aliphatic carbocycles. The molecule has 0 spiro atoms. The number of nitrogens with one attached hydrogen (secondary N) is 1. The van der Waals surface area contributed by atoms with Crippen LogP contribution in [0.15, 0.2) is 39.7 Å². The van der Waals surface area contributed by atoms with Crippen LogP contribution in [-0.4, -0.2) is 20.9 Å². The number of sulfonamides is 1. The largest absolute Gasteiger partial charge is 0.310 e. The molecule has 0 bridgehead atoms. The smallest absolute Gasteiger partial charge is 0.264 e. The minimum atomic E-state index is -3.90. The van der Waals surface area contributed by atoms with E-state index < -0.39 is 10.0 Å². The molecule has 142 valence electrons. The zero-order valence-electron chi connectivity index (χ0n) is 14.6. The molecule has 2 aliphatic rings. The Bertz CT molecular complexity index is 1050. The summed E-state index contributed by atoms with van der Waals surface area (Å²) in [5, 5.41) is 0.486. The summed E-state index contributed by atoms with van der Waals surface area (Å²) in [6, 6.07) is 8.52. The maximum atomic E-state index is 13.2. The van der Waals surface area contributed by atoms with E-state index in [1.54, 1.807) is 36.1 Å². The zero-order valence-corrected chi connectivity index (χ0v) is 17.8.